The molecule has 0 fully saturated rings. The van der Waals surface area contributed by atoms with Crippen LogP contribution in [-0.4, -0.2) is 21.8 Å². The topological polar surface area (TPSA) is 98.0 Å². The van der Waals surface area contributed by atoms with Crippen molar-refractivity contribution in [1.29, 1.82) is 0 Å². The van der Waals surface area contributed by atoms with Gasteiger partial charge in [-0.05, 0) is 12.1 Å². The first kappa shape index (κ1) is 13.2. The number of hydrogen-bond donors (Lipinski definition) is 2. The van der Waals surface area contributed by atoms with Gasteiger partial charge in [-0.1, -0.05) is 24.3 Å². The van der Waals surface area contributed by atoms with Gasteiger partial charge in [-0.3, -0.25) is 14.9 Å². The summed E-state index contributed by atoms with van der Waals surface area (Å²) in [5.74, 6) is -1.01. The highest BCUT2D eigenvalue weighted by molar-refractivity contribution is 7.14. The number of para-hydroxylation sites is 1. The molecule has 0 saturated heterocycles. The van der Waals surface area contributed by atoms with Gasteiger partial charge in [0.25, 0.3) is 11.8 Å². The van der Waals surface area contributed by atoms with Gasteiger partial charge in [-0.25, -0.2) is 9.97 Å². The summed E-state index contributed by atoms with van der Waals surface area (Å²) in [6.07, 6.45) is 0. The summed E-state index contributed by atoms with van der Waals surface area (Å²) >= 11 is 1.13. The lowest BCUT2D eigenvalue weighted by atomic mass is 10.2. The fourth-order valence-corrected chi connectivity index (χ4v) is 2.49. The predicted molar refractivity (Wildman–Crippen MR) is 80.3 cm³/mol. The maximum atomic E-state index is 12.1. The van der Waals surface area contributed by atoms with Crippen LogP contribution in [0.2, 0.25) is 0 Å². The Morgan fingerprint density at radius 2 is 1.86 bits per heavy atom. The van der Waals surface area contributed by atoms with E-state index in [0.29, 0.717) is 5.13 Å². The molecule has 0 bridgehead atoms. The number of nitrogens with two attached hydrogens (primary N) is 1. The van der Waals surface area contributed by atoms with E-state index >= 15 is 0 Å². The smallest absolute Gasteiger partial charge is 0.276 e. The van der Waals surface area contributed by atoms with Crippen molar-refractivity contribution in [2.24, 2.45) is 5.73 Å². The van der Waals surface area contributed by atoms with Crippen molar-refractivity contribution in [3.8, 4) is 0 Å². The third-order valence-electron chi connectivity index (χ3n) is 2.81. The summed E-state index contributed by atoms with van der Waals surface area (Å²) in [4.78, 5) is 31.3. The summed E-state index contributed by atoms with van der Waals surface area (Å²) in [6, 6.07) is 11.0. The Morgan fingerprint density at radius 1 is 1.05 bits per heavy atom. The highest BCUT2D eigenvalue weighted by atomic mass is 32.1. The summed E-state index contributed by atoms with van der Waals surface area (Å²) in [5, 5.41) is 5.35. The average molecular weight is 298 g/mol. The largest absolute Gasteiger partial charge is 0.364 e. The normalized spacial score (nSPS) is 10.5. The summed E-state index contributed by atoms with van der Waals surface area (Å²) in [6.45, 7) is 0. The number of pyridine rings is 1. The molecule has 104 valence electrons. The Balaban J connectivity index is 1.84. The molecule has 7 heteroatoms. The highest BCUT2D eigenvalue weighted by Gasteiger charge is 2.12. The Morgan fingerprint density at radius 3 is 2.62 bits per heavy atom. The minimum Gasteiger partial charge on any atom is -0.364 e. The average Bonchev–Trinajstić information content (AvgIpc) is 2.95. The summed E-state index contributed by atoms with van der Waals surface area (Å²) in [5.41, 5.74) is 6.26. The lowest BCUT2D eigenvalue weighted by molar-refractivity contribution is 0.0991. The highest BCUT2D eigenvalue weighted by Crippen LogP contribution is 2.17. The second-order valence-corrected chi connectivity index (χ2v) is 5.10. The van der Waals surface area contributed by atoms with E-state index < -0.39 is 5.91 Å². The molecule has 0 aliphatic heterocycles. The Bertz CT molecular complexity index is 844. The van der Waals surface area contributed by atoms with Crippen molar-refractivity contribution in [1.82, 2.24) is 9.97 Å². The lowest BCUT2D eigenvalue weighted by Crippen LogP contribution is -2.15. The maximum absolute atomic E-state index is 12.1. The number of fused-ring (bicyclic) bond motifs is 1. The predicted octanol–water partition coefficient (Wildman–Crippen LogP) is 2.04. The number of benzene rings is 1. The Kier molecular flexibility index (Phi) is 3.33. The summed E-state index contributed by atoms with van der Waals surface area (Å²) in [7, 11) is 0. The SMILES string of the molecule is NC(=O)c1csc(NC(=O)c2ccc3ccccc3n2)n1. The van der Waals surface area contributed by atoms with Crippen LogP contribution in [0.5, 0.6) is 0 Å². The molecule has 0 aliphatic rings. The van der Waals surface area contributed by atoms with E-state index in [4.69, 9.17) is 5.73 Å². The number of amides is 2. The molecule has 3 aromatic rings. The van der Waals surface area contributed by atoms with E-state index in [1.165, 1.54) is 5.38 Å². The molecule has 0 radical (unpaired) electrons. The van der Waals surface area contributed by atoms with Gasteiger partial charge in [0.1, 0.15) is 11.4 Å². The number of rotatable bonds is 3. The van der Waals surface area contributed by atoms with Crippen LogP contribution in [0, 0.1) is 0 Å². The molecule has 6 nitrogen and oxygen atoms in total. The van der Waals surface area contributed by atoms with Gasteiger partial charge < -0.3 is 5.73 Å². The van der Waals surface area contributed by atoms with E-state index in [-0.39, 0.29) is 17.3 Å². The van der Waals surface area contributed by atoms with Crippen molar-refractivity contribution in [2.75, 3.05) is 5.32 Å². The first-order valence-electron chi connectivity index (χ1n) is 6.06. The van der Waals surface area contributed by atoms with Crippen molar-refractivity contribution < 1.29 is 9.59 Å². The molecular formula is C14H10N4O2S. The number of carbonyl (C=O) groups is 2. The molecule has 0 spiro atoms. The van der Waals surface area contributed by atoms with Crippen LogP contribution in [0.15, 0.2) is 41.8 Å². The zero-order valence-corrected chi connectivity index (χ0v) is 11.6. The van der Waals surface area contributed by atoms with Crippen molar-refractivity contribution in [2.45, 2.75) is 0 Å². The molecule has 0 unspecified atom stereocenters. The quantitative estimate of drug-likeness (QED) is 0.773. The molecule has 3 N–H and O–H groups in total. The number of anilines is 1. The lowest BCUT2D eigenvalue weighted by Gasteiger charge is -2.02. The number of nitrogens with zero attached hydrogens (tertiary/aromatic N) is 2. The molecule has 2 heterocycles. The molecule has 1 aromatic carbocycles. The summed E-state index contributed by atoms with van der Waals surface area (Å²) < 4.78 is 0. The second-order valence-electron chi connectivity index (χ2n) is 4.25. The standard InChI is InChI=1S/C14H10N4O2S/c15-12(19)11-7-21-14(17-11)18-13(20)10-6-5-8-3-1-2-4-9(8)16-10/h1-7H,(H2,15,19)(H,17,18,20). The first-order chi connectivity index (χ1) is 10.1. The molecule has 21 heavy (non-hydrogen) atoms. The number of hydrogen-bond acceptors (Lipinski definition) is 5. The van der Waals surface area contributed by atoms with E-state index in [9.17, 15) is 9.59 Å². The first-order valence-corrected chi connectivity index (χ1v) is 6.94. The van der Waals surface area contributed by atoms with Crippen molar-refractivity contribution in [3.63, 3.8) is 0 Å². The van der Waals surface area contributed by atoms with Crippen molar-refractivity contribution in [3.05, 3.63) is 53.2 Å². The molecule has 2 amide bonds. The van der Waals surface area contributed by atoms with Crippen LogP contribution < -0.4 is 11.1 Å². The van der Waals surface area contributed by atoms with Gasteiger partial charge in [-0.2, -0.15) is 0 Å². The third kappa shape index (κ3) is 2.72. The van der Waals surface area contributed by atoms with Crippen LogP contribution in [0.1, 0.15) is 21.0 Å². The van der Waals surface area contributed by atoms with Crippen LogP contribution in [0.25, 0.3) is 10.9 Å². The van der Waals surface area contributed by atoms with E-state index in [1.807, 2.05) is 30.3 Å². The van der Waals surface area contributed by atoms with Crippen molar-refractivity contribution >= 4 is 39.2 Å². The molecular weight excluding hydrogens is 288 g/mol. The minimum atomic E-state index is -0.629. The third-order valence-corrected chi connectivity index (χ3v) is 3.57. The minimum absolute atomic E-state index is 0.127. The number of carbonyl (C=O) groups excluding carboxylic acids is 2. The fraction of sp³-hybridized carbons (Fsp3) is 0. The van der Waals surface area contributed by atoms with E-state index in [2.05, 4.69) is 15.3 Å². The molecule has 3 rings (SSSR count). The van der Waals surface area contributed by atoms with E-state index in [0.717, 1.165) is 22.2 Å². The monoisotopic (exact) mass is 298 g/mol. The fourth-order valence-electron chi connectivity index (χ4n) is 1.80. The van der Waals surface area contributed by atoms with Gasteiger partial charge in [0.05, 0.1) is 5.52 Å². The number of aromatic nitrogens is 2. The van der Waals surface area contributed by atoms with Gasteiger partial charge in [0.15, 0.2) is 5.13 Å². The zero-order valence-electron chi connectivity index (χ0n) is 10.7. The Labute approximate surface area is 123 Å². The van der Waals surface area contributed by atoms with Gasteiger partial charge in [0.2, 0.25) is 0 Å². The Hall–Kier alpha value is -2.80. The molecule has 2 aromatic heterocycles. The molecule has 0 aliphatic carbocycles. The molecule has 0 atom stereocenters. The second kappa shape index (κ2) is 5.29. The number of nitrogens with one attached hydrogen (secondary N) is 1. The molecule has 0 saturated carbocycles. The van der Waals surface area contributed by atoms with Gasteiger partial charge in [0, 0.05) is 10.8 Å². The van der Waals surface area contributed by atoms with E-state index in [1.54, 1.807) is 6.07 Å². The van der Waals surface area contributed by atoms with Crippen LogP contribution in [0.3, 0.4) is 0 Å². The zero-order chi connectivity index (χ0) is 14.8. The number of thiazole rings is 1. The maximum Gasteiger partial charge on any atom is 0.276 e. The number of primary amides is 1. The van der Waals surface area contributed by atoms with Crippen LogP contribution >= 0.6 is 11.3 Å². The van der Waals surface area contributed by atoms with Crippen LogP contribution in [0.4, 0.5) is 5.13 Å². The van der Waals surface area contributed by atoms with Crippen LogP contribution in [-0.2, 0) is 0 Å². The van der Waals surface area contributed by atoms with Gasteiger partial charge in [-0.15, -0.1) is 11.3 Å². The van der Waals surface area contributed by atoms with Gasteiger partial charge >= 0.3 is 0 Å².